The van der Waals surface area contributed by atoms with E-state index >= 15 is 0 Å². The second kappa shape index (κ2) is 6.09. The minimum absolute atomic E-state index is 0.179. The fourth-order valence-electron chi connectivity index (χ4n) is 2.58. The van der Waals surface area contributed by atoms with Crippen LogP contribution in [0.5, 0.6) is 0 Å². The Bertz CT molecular complexity index is 211. The van der Waals surface area contributed by atoms with Gasteiger partial charge in [-0.3, -0.25) is 0 Å². The molecule has 0 aromatic heterocycles. The molecule has 0 amide bonds. The van der Waals surface area contributed by atoms with Gasteiger partial charge in [-0.05, 0) is 12.8 Å². The van der Waals surface area contributed by atoms with Gasteiger partial charge < -0.3 is 9.22 Å². The van der Waals surface area contributed by atoms with Crippen molar-refractivity contribution in [3.63, 3.8) is 0 Å². The number of rotatable bonds is 5. The molecule has 1 saturated heterocycles. The van der Waals surface area contributed by atoms with Gasteiger partial charge in [-0.1, -0.05) is 13.8 Å². The number of morpholine rings is 1. The molecule has 0 aromatic rings. The van der Waals surface area contributed by atoms with Gasteiger partial charge in [-0.15, -0.1) is 0 Å². The minimum atomic E-state index is 0.179. The zero-order valence-corrected chi connectivity index (χ0v) is 10.0. The fourth-order valence-corrected chi connectivity index (χ4v) is 2.58. The molecule has 1 unspecified atom stereocenters. The molecule has 1 fully saturated rings. The molecule has 0 spiro atoms. The third-order valence-corrected chi connectivity index (χ3v) is 3.40. The molecule has 15 heavy (non-hydrogen) atoms. The number of hydrogen-bond acceptors (Lipinski definition) is 2. The summed E-state index contributed by atoms with van der Waals surface area (Å²) in [4.78, 5) is 0. The molecule has 0 saturated carbocycles. The predicted molar refractivity (Wildman–Crippen MR) is 60.3 cm³/mol. The molecular formula is C12H23N2O+. The number of nitriles is 1. The standard InChI is InChI=1S/C12H23N2O/c1-3-5-12(11-13)14(6-4-2)7-9-15-10-8-14/h12H,3-10H2,1-2H3/q+1. The van der Waals surface area contributed by atoms with Crippen molar-refractivity contribution in [2.24, 2.45) is 0 Å². The molecule has 0 radical (unpaired) electrons. The van der Waals surface area contributed by atoms with Crippen molar-refractivity contribution >= 4 is 0 Å². The zero-order valence-electron chi connectivity index (χ0n) is 10.0. The van der Waals surface area contributed by atoms with E-state index in [1.54, 1.807) is 0 Å². The smallest absolute Gasteiger partial charge is 0.176 e. The second-order valence-electron chi connectivity index (χ2n) is 4.44. The minimum Gasteiger partial charge on any atom is -0.370 e. The Morgan fingerprint density at radius 1 is 1.27 bits per heavy atom. The summed E-state index contributed by atoms with van der Waals surface area (Å²) in [5.41, 5.74) is 0. The van der Waals surface area contributed by atoms with Gasteiger partial charge in [-0.25, -0.2) is 0 Å². The molecule has 3 heteroatoms. The molecule has 3 nitrogen and oxygen atoms in total. The van der Waals surface area contributed by atoms with Crippen molar-refractivity contribution < 1.29 is 9.22 Å². The quantitative estimate of drug-likeness (QED) is 0.651. The summed E-state index contributed by atoms with van der Waals surface area (Å²) in [7, 11) is 0. The monoisotopic (exact) mass is 211 g/mol. The van der Waals surface area contributed by atoms with Crippen LogP contribution in [-0.2, 0) is 4.74 Å². The van der Waals surface area contributed by atoms with Crippen LogP contribution in [0.25, 0.3) is 0 Å². The molecule has 86 valence electrons. The Labute approximate surface area is 93.2 Å². The summed E-state index contributed by atoms with van der Waals surface area (Å²) < 4.78 is 6.39. The lowest BCUT2D eigenvalue weighted by Gasteiger charge is -2.44. The zero-order chi connectivity index (χ0) is 11.1. The number of ether oxygens (including phenoxy) is 1. The highest BCUT2D eigenvalue weighted by molar-refractivity contribution is 4.85. The van der Waals surface area contributed by atoms with Gasteiger partial charge >= 0.3 is 0 Å². The van der Waals surface area contributed by atoms with Crippen molar-refractivity contribution in [3.8, 4) is 6.07 Å². The van der Waals surface area contributed by atoms with Gasteiger partial charge in [0.2, 0.25) is 0 Å². The second-order valence-corrected chi connectivity index (χ2v) is 4.44. The first-order valence-electron chi connectivity index (χ1n) is 6.12. The highest BCUT2D eigenvalue weighted by Crippen LogP contribution is 2.21. The van der Waals surface area contributed by atoms with Gasteiger partial charge in [-0.2, -0.15) is 5.26 Å². The van der Waals surface area contributed by atoms with Gasteiger partial charge in [0.15, 0.2) is 6.04 Å². The van der Waals surface area contributed by atoms with Gasteiger partial charge in [0.05, 0.1) is 19.8 Å². The Balaban J connectivity index is 2.72. The number of quaternary nitrogens is 1. The molecule has 1 heterocycles. The van der Waals surface area contributed by atoms with Crippen LogP contribution in [0.1, 0.15) is 33.1 Å². The summed E-state index contributed by atoms with van der Waals surface area (Å²) >= 11 is 0. The van der Waals surface area contributed by atoms with Crippen LogP contribution in [-0.4, -0.2) is 43.4 Å². The van der Waals surface area contributed by atoms with E-state index in [4.69, 9.17) is 4.74 Å². The van der Waals surface area contributed by atoms with Crippen LogP contribution in [0.3, 0.4) is 0 Å². The number of hydrogen-bond donors (Lipinski definition) is 0. The largest absolute Gasteiger partial charge is 0.370 e. The maximum atomic E-state index is 9.29. The Kier molecular flexibility index (Phi) is 5.07. The molecule has 0 N–H and O–H groups in total. The van der Waals surface area contributed by atoms with E-state index in [9.17, 15) is 5.26 Å². The molecule has 0 aliphatic carbocycles. The van der Waals surface area contributed by atoms with E-state index in [0.29, 0.717) is 0 Å². The van der Waals surface area contributed by atoms with Crippen molar-refractivity contribution in [2.75, 3.05) is 32.8 Å². The summed E-state index contributed by atoms with van der Waals surface area (Å²) in [6, 6.07) is 2.69. The van der Waals surface area contributed by atoms with E-state index in [2.05, 4.69) is 19.9 Å². The van der Waals surface area contributed by atoms with E-state index < -0.39 is 0 Å². The Morgan fingerprint density at radius 3 is 2.40 bits per heavy atom. The topological polar surface area (TPSA) is 33.0 Å². The predicted octanol–water partition coefficient (Wildman–Crippen LogP) is 1.94. The molecule has 1 aliphatic heterocycles. The first-order chi connectivity index (χ1) is 7.29. The summed E-state index contributed by atoms with van der Waals surface area (Å²) in [5, 5.41) is 9.29. The van der Waals surface area contributed by atoms with Crippen molar-refractivity contribution in [1.82, 2.24) is 0 Å². The van der Waals surface area contributed by atoms with Crippen LogP contribution in [0, 0.1) is 11.3 Å². The average Bonchev–Trinajstić information content (AvgIpc) is 2.27. The Hall–Kier alpha value is -0.590. The molecule has 1 rings (SSSR count). The van der Waals surface area contributed by atoms with Gasteiger partial charge in [0.25, 0.3) is 0 Å². The van der Waals surface area contributed by atoms with Crippen molar-refractivity contribution in [2.45, 2.75) is 39.2 Å². The van der Waals surface area contributed by atoms with Crippen molar-refractivity contribution in [1.29, 1.82) is 5.26 Å². The van der Waals surface area contributed by atoms with E-state index in [0.717, 1.165) is 56.6 Å². The maximum absolute atomic E-state index is 9.29. The average molecular weight is 211 g/mol. The molecule has 0 bridgehead atoms. The van der Waals surface area contributed by atoms with E-state index in [-0.39, 0.29) is 6.04 Å². The lowest BCUT2D eigenvalue weighted by molar-refractivity contribution is -0.950. The Morgan fingerprint density at radius 2 is 1.93 bits per heavy atom. The van der Waals surface area contributed by atoms with Crippen LogP contribution in [0.2, 0.25) is 0 Å². The highest BCUT2D eigenvalue weighted by Gasteiger charge is 2.37. The summed E-state index contributed by atoms with van der Waals surface area (Å²) in [5.74, 6) is 0. The van der Waals surface area contributed by atoms with Crippen molar-refractivity contribution in [3.05, 3.63) is 0 Å². The lowest BCUT2D eigenvalue weighted by Crippen LogP contribution is -2.60. The SMILES string of the molecule is CCCC(C#N)[N+]1(CCC)CCOCC1. The molecule has 0 aromatic carbocycles. The normalized spacial score (nSPS) is 21.9. The highest BCUT2D eigenvalue weighted by atomic mass is 16.5. The van der Waals surface area contributed by atoms with Crippen LogP contribution < -0.4 is 0 Å². The fraction of sp³-hybridized carbons (Fsp3) is 0.917. The molecular weight excluding hydrogens is 188 g/mol. The first-order valence-corrected chi connectivity index (χ1v) is 6.12. The van der Waals surface area contributed by atoms with Gasteiger partial charge in [0, 0.05) is 6.42 Å². The summed E-state index contributed by atoms with van der Waals surface area (Å²) in [6.07, 6.45) is 3.28. The molecule has 1 aliphatic rings. The maximum Gasteiger partial charge on any atom is 0.176 e. The third kappa shape index (κ3) is 2.93. The van der Waals surface area contributed by atoms with E-state index in [1.165, 1.54) is 0 Å². The third-order valence-electron chi connectivity index (χ3n) is 3.40. The van der Waals surface area contributed by atoms with Crippen LogP contribution in [0.15, 0.2) is 0 Å². The first kappa shape index (κ1) is 12.5. The van der Waals surface area contributed by atoms with Gasteiger partial charge in [0.1, 0.15) is 19.2 Å². The summed E-state index contributed by atoms with van der Waals surface area (Å²) in [6.45, 7) is 9.17. The van der Waals surface area contributed by atoms with Crippen LogP contribution >= 0.6 is 0 Å². The van der Waals surface area contributed by atoms with E-state index in [1.807, 2.05) is 0 Å². The lowest BCUT2D eigenvalue weighted by atomic mass is 10.1. The van der Waals surface area contributed by atoms with Crippen LogP contribution in [0.4, 0.5) is 0 Å². The molecule has 1 atom stereocenters. The number of nitrogens with zero attached hydrogens (tertiary/aromatic N) is 2.